The summed E-state index contributed by atoms with van der Waals surface area (Å²) in [6.45, 7) is 3.90. The van der Waals surface area contributed by atoms with E-state index in [1.54, 1.807) is 37.8 Å². The van der Waals surface area contributed by atoms with Crippen molar-refractivity contribution >= 4 is 23.0 Å². The normalized spacial score (nSPS) is 11.8. The van der Waals surface area contributed by atoms with Crippen LogP contribution >= 0.6 is 11.3 Å². The van der Waals surface area contributed by atoms with Gasteiger partial charge < -0.3 is 19.4 Å². The number of Topliss-reactive ketones (excluding diaryl/α,β-unsaturated/α-hetero) is 1. The molecule has 1 atom stereocenters. The number of ketones is 1. The van der Waals surface area contributed by atoms with Crippen LogP contribution in [-0.4, -0.2) is 35.5 Å². The van der Waals surface area contributed by atoms with Crippen LogP contribution < -0.4 is 14.8 Å². The van der Waals surface area contributed by atoms with E-state index >= 15 is 0 Å². The molecule has 164 valence electrons. The Kier molecular flexibility index (Phi) is 7.12. The molecule has 1 unspecified atom stereocenters. The second kappa shape index (κ2) is 9.78. The Hall–Kier alpha value is -3.13. The Morgan fingerprint density at radius 1 is 1.10 bits per heavy atom. The zero-order valence-corrected chi connectivity index (χ0v) is 19.2. The highest BCUT2D eigenvalue weighted by Crippen LogP contribution is 2.29. The van der Waals surface area contributed by atoms with Crippen molar-refractivity contribution in [2.75, 3.05) is 14.2 Å². The van der Waals surface area contributed by atoms with E-state index in [4.69, 9.17) is 9.47 Å². The second-order valence-corrected chi connectivity index (χ2v) is 8.75. The number of aromatic nitrogens is 2. The van der Waals surface area contributed by atoms with Crippen molar-refractivity contribution in [2.24, 2.45) is 7.05 Å². The molecule has 0 aliphatic carbocycles. The van der Waals surface area contributed by atoms with Gasteiger partial charge in [0.2, 0.25) is 5.91 Å². The summed E-state index contributed by atoms with van der Waals surface area (Å²) in [5.74, 6) is 1.64. The van der Waals surface area contributed by atoms with Gasteiger partial charge in [0.05, 0.1) is 14.2 Å². The first-order valence-corrected chi connectivity index (χ1v) is 10.7. The molecular weight excluding hydrogens is 414 g/mol. The van der Waals surface area contributed by atoms with E-state index < -0.39 is 6.04 Å². The van der Waals surface area contributed by atoms with Gasteiger partial charge in [0.1, 0.15) is 23.4 Å². The van der Waals surface area contributed by atoms with E-state index in [0.29, 0.717) is 22.9 Å². The molecule has 8 heteroatoms. The molecule has 0 aliphatic heterocycles. The highest BCUT2D eigenvalue weighted by molar-refractivity contribution is 7.12. The average molecular weight is 442 g/mol. The standard InChI is InChI=1S/C23H27N3O4S/c1-14-10-19(15(2)31-14)20(27)6-7-21(28)25-22(23-24-8-9-26(23)3)16-11-17(29-4)13-18(12-16)30-5/h8-13,22H,6-7H2,1-5H3,(H,25,28). The molecule has 1 N–H and O–H groups in total. The van der Waals surface area contributed by atoms with Crippen molar-refractivity contribution in [3.05, 3.63) is 63.4 Å². The number of methoxy groups -OCH3 is 2. The van der Waals surface area contributed by atoms with Crippen molar-refractivity contribution in [3.63, 3.8) is 0 Å². The number of hydrogen-bond acceptors (Lipinski definition) is 6. The molecule has 0 saturated carbocycles. The zero-order chi connectivity index (χ0) is 22.5. The fraction of sp³-hybridized carbons (Fsp3) is 0.348. The molecule has 3 aromatic rings. The van der Waals surface area contributed by atoms with Gasteiger partial charge in [-0.25, -0.2) is 4.98 Å². The van der Waals surface area contributed by atoms with Crippen molar-refractivity contribution in [1.82, 2.24) is 14.9 Å². The Morgan fingerprint density at radius 3 is 2.29 bits per heavy atom. The summed E-state index contributed by atoms with van der Waals surface area (Å²) in [6.07, 6.45) is 3.74. The maximum atomic E-state index is 12.8. The van der Waals surface area contributed by atoms with Gasteiger partial charge in [0, 0.05) is 53.7 Å². The smallest absolute Gasteiger partial charge is 0.221 e. The second-order valence-electron chi connectivity index (χ2n) is 7.29. The van der Waals surface area contributed by atoms with Gasteiger partial charge in [0.25, 0.3) is 0 Å². The Morgan fingerprint density at radius 2 is 1.77 bits per heavy atom. The van der Waals surface area contributed by atoms with Crippen LogP contribution in [0.25, 0.3) is 0 Å². The van der Waals surface area contributed by atoms with Gasteiger partial charge in [-0.3, -0.25) is 9.59 Å². The summed E-state index contributed by atoms with van der Waals surface area (Å²) < 4.78 is 12.6. The minimum atomic E-state index is -0.517. The molecule has 2 heterocycles. The van der Waals surface area contributed by atoms with E-state index in [1.807, 2.05) is 49.9 Å². The SMILES string of the molecule is COc1cc(OC)cc(C(NC(=O)CCC(=O)c2cc(C)sc2C)c2nccn2C)c1. The largest absolute Gasteiger partial charge is 0.497 e. The number of thiophene rings is 1. The first kappa shape index (κ1) is 22.6. The maximum Gasteiger partial charge on any atom is 0.221 e. The lowest BCUT2D eigenvalue weighted by molar-refractivity contribution is -0.121. The van der Waals surface area contributed by atoms with Crippen LogP contribution in [0.5, 0.6) is 11.5 Å². The third-order valence-electron chi connectivity index (χ3n) is 5.05. The van der Waals surface area contributed by atoms with Gasteiger partial charge in [-0.15, -0.1) is 11.3 Å². The quantitative estimate of drug-likeness (QED) is 0.508. The fourth-order valence-corrected chi connectivity index (χ4v) is 4.39. The lowest BCUT2D eigenvalue weighted by Gasteiger charge is -2.20. The molecule has 0 aliphatic rings. The molecule has 3 rings (SSSR count). The van der Waals surface area contributed by atoms with Crippen molar-refractivity contribution < 1.29 is 19.1 Å². The average Bonchev–Trinajstić information content (AvgIpc) is 3.33. The van der Waals surface area contributed by atoms with Crippen molar-refractivity contribution in [1.29, 1.82) is 0 Å². The van der Waals surface area contributed by atoms with Crippen LogP contribution in [0, 0.1) is 13.8 Å². The summed E-state index contributed by atoms with van der Waals surface area (Å²) in [7, 11) is 5.02. The molecular formula is C23H27N3O4S. The summed E-state index contributed by atoms with van der Waals surface area (Å²) in [5, 5.41) is 3.02. The molecule has 31 heavy (non-hydrogen) atoms. The molecule has 0 saturated heterocycles. The first-order valence-electron chi connectivity index (χ1n) is 9.92. The van der Waals surface area contributed by atoms with E-state index in [-0.39, 0.29) is 24.5 Å². The molecule has 1 amide bonds. The third kappa shape index (κ3) is 5.32. The van der Waals surface area contributed by atoms with Crippen LogP contribution in [0.4, 0.5) is 0 Å². The van der Waals surface area contributed by atoms with Gasteiger partial charge in [0.15, 0.2) is 5.78 Å². The van der Waals surface area contributed by atoms with E-state index in [9.17, 15) is 9.59 Å². The van der Waals surface area contributed by atoms with Gasteiger partial charge >= 0.3 is 0 Å². The monoisotopic (exact) mass is 441 g/mol. The molecule has 0 radical (unpaired) electrons. The molecule has 0 bridgehead atoms. The number of carbonyl (C=O) groups excluding carboxylic acids is 2. The predicted molar refractivity (Wildman–Crippen MR) is 120 cm³/mol. The van der Waals surface area contributed by atoms with Crippen LogP contribution in [-0.2, 0) is 11.8 Å². The molecule has 0 fully saturated rings. The van der Waals surface area contributed by atoms with Gasteiger partial charge in [-0.2, -0.15) is 0 Å². The van der Waals surface area contributed by atoms with Crippen molar-refractivity contribution in [3.8, 4) is 11.5 Å². The number of benzene rings is 1. The van der Waals surface area contributed by atoms with Crippen LogP contribution in [0.2, 0.25) is 0 Å². The number of aryl methyl sites for hydroxylation is 3. The van der Waals surface area contributed by atoms with Gasteiger partial charge in [-0.05, 0) is 37.6 Å². The molecule has 2 aromatic heterocycles. The summed E-state index contributed by atoms with van der Waals surface area (Å²) >= 11 is 1.59. The van der Waals surface area contributed by atoms with E-state index in [2.05, 4.69) is 10.3 Å². The molecule has 0 spiro atoms. The maximum absolute atomic E-state index is 12.8. The van der Waals surface area contributed by atoms with Crippen LogP contribution in [0.1, 0.15) is 50.4 Å². The highest BCUT2D eigenvalue weighted by Gasteiger charge is 2.23. The lowest BCUT2D eigenvalue weighted by Crippen LogP contribution is -2.31. The Labute approximate surface area is 186 Å². The lowest BCUT2D eigenvalue weighted by atomic mass is 10.0. The summed E-state index contributed by atoms with van der Waals surface area (Å²) in [5.41, 5.74) is 1.47. The number of nitrogens with zero attached hydrogens (tertiary/aromatic N) is 2. The van der Waals surface area contributed by atoms with E-state index in [0.717, 1.165) is 15.3 Å². The summed E-state index contributed by atoms with van der Waals surface area (Å²) in [4.78, 5) is 31.9. The first-order chi connectivity index (χ1) is 14.8. The Balaban J connectivity index is 1.80. The minimum Gasteiger partial charge on any atom is -0.497 e. The number of hydrogen-bond donors (Lipinski definition) is 1. The van der Waals surface area contributed by atoms with Crippen LogP contribution in [0.15, 0.2) is 36.7 Å². The number of rotatable bonds is 9. The predicted octanol–water partition coefficient (Wildman–Crippen LogP) is 3.98. The van der Waals surface area contributed by atoms with E-state index in [1.165, 1.54) is 0 Å². The molecule has 1 aromatic carbocycles. The van der Waals surface area contributed by atoms with Crippen LogP contribution in [0.3, 0.4) is 0 Å². The molecule has 7 nitrogen and oxygen atoms in total. The summed E-state index contributed by atoms with van der Waals surface area (Å²) in [6, 6.07) is 6.82. The highest BCUT2D eigenvalue weighted by atomic mass is 32.1. The zero-order valence-electron chi connectivity index (χ0n) is 18.4. The number of ether oxygens (including phenoxy) is 2. The van der Waals surface area contributed by atoms with Crippen molar-refractivity contribution in [2.45, 2.75) is 32.7 Å². The third-order valence-corrected chi connectivity index (χ3v) is 6.02. The Bertz CT molecular complexity index is 1060. The fourth-order valence-electron chi connectivity index (χ4n) is 3.45. The number of carbonyl (C=O) groups is 2. The van der Waals surface area contributed by atoms with Gasteiger partial charge in [-0.1, -0.05) is 0 Å². The number of nitrogens with one attached hydrogen (secondary N) is 1. The minimum absolute atomic E-state index is 0.0198. The topological polar surface area (TPSA) is 82.4 Å². The number of amides is 1. The number of imidazole rings is 1.